The molecule has 0 aliphatic carbocycles. The lowest BCUT2D eigenvalue weighted by Gasteiger charge is -2.40. The van der Waals surface area contributed by atoms with Crippen molar-refractivity contribution in [1.82, 2.24) is 10.2 Å². The Morgan fingerprint density at radius 2 is 2.05 bits per heavy atom. The molecule has 1 aliphatic rings. The van der Waals surface area contributed by atoms with Crippen molar-refractivity contribution in [2.75, 3.05) is 26.2 Å². The van der Waals surface area contributed by atoms with E-state index >= 15 is 0 Å². The summed E-state index contributed by atoms with van der Waals surface area (Å²) >= 11 is 0. The van der Waals surface area contributed by atoms with Crippen LogP contribution in [0.1, 0.15) is 39.5 Å². The van der Waals surface area contributed by atoms with Crippen molar-refractivity contribution in [2.45, 2.75) is 51.6 Å². The number of para-hydroxylation sites is 1. The summed E-state index contributed by atoms with van der Waals surface area (Å²) < 4.78 is 5.80. The van der Waals surface area contributed by atoms with Crippen LogP contribution in [0.5, 0.6) is 5.75 Å². The fourth-order valence-corrected chi connectivity index (χ4v) is 3.07. The Balaban J connectivity index is 1.73. The normalized spacial score (nSPS) is 23.1. The van der Waals surface area contributed by atoms with Gasteiger partial charge in [0.1, 0.15) is 5.75 Å². The summed E-state index contributed by atoms with van der Waals surface area (Å²) in [5, 5.41) is 3.68. The quantitative estimate of drug-likeness (QED) is 0.743. The summed E-state index contributed by atoms with van der Waals surface area (Å²) in [7, 11) is 0. The minimum absolute atomic E-state index is 0.660. The van der Waals surface area contributed by atoms with Gasteiger partial charge in [0.2, 0.25) is 0 Å². The fourth-order valence-electron chi connectivity index (χ4n) is 3.07. The molecule has 0 amide bonds. The van der Waals surface area contributed by atoms with E-state index < -0.39 is 0 Å². The van der Waals surface area contributed by atoms with E-state index in [-0.39, 0.29) is 0 Å². The van der Waals surface area contributed by atoms with Crippen LogP contribution in [0.2, 0.25) is 0 Å². The van der Waals surface area contributed by atoms with Crippen LogP contribution in [0, 0.1) is 0 Å². The van der Waals surface area contributed by atoms with E-state index in [1.165, 1.54) is 25.8 Å². The Labute approximate surface area is 129 Å². The molecule has 1 aromatic rings. The number of rotatable bonds is 8. The lowest BCUT2D eigenvalue weighted by Crippen LogP contribution is -2.56. The van der Waals surface area contributed by atoms with Gasteiger partial charge in [-0.05, 0) is 31.4 Å². The van der Waals surface area contributed by atoms with Gasteiger partial charge in [-0.1, -0.05) is 38.5 Å². The zero-order valence-electron chi connectivity index (χ0n) is 13.6. The van der Waals surface area contributed by atoms with E-state index in [0.29, 0.717) is 12.1 Å². The molecule has 1 heterocycles. The molecule has 3 nitrogen and oxygen atoms in total. The van der Waals surface area contributed by atoms with Gasteiger partial charge >= 0.3 is 0 Å². The second kappa shape index (κ2) is 9.06. The third-order valence-electron chi connectivity index (χ3n) is 4.33. The molecule has 0 bridgehead atoms. The standard InChI is InChI=1S/C18H30N2O/c1-3-9-17-14-19-16(4-2)15-20(17)12-8-13-21-18-10-6-5-7-11-18/h5-7,10-11,16-17,19H,3-4,8-9,12-15H2,1-2H3. The first-order valence-corrected chi connectivity index (χ1v) is 8.48. The van der Waals surface area contributed by atoms with Gasteiger partial charge < -0.3 is 10.1 Å². The van der Waals surface area contributed by atoms with Gasteiger partial charge in [0, 0.05) is 31.7 Å². The molecule has 2 rings (SSSR count). The van der Waals surface area contributed by atoms with Gasteiger partial charge in [-0.2, -0.15) is 0 Å². The molecule has 1 fully saturated rings. The number of benzene rings is 1. The Hall–Kier alpha value is -1.06. The van der Waals surface area contributed by atoms with E-state index in [4.69, 9.17) is 4.74 Å². The number of hydrogen-bond donors (Lipinski definition) is 1. The van der Waals surface area contributed by atoms with Gasteiger partial charge in [-0.25, -0.2) is 0 Å². The molecule has 0 aromatic heterocycles. The fraction of sp³-hybridized carbons (Fsp3) is 0.667. The summed E-state index contributed by atoms with van der Waals surface area (Å²) in [6.45, 7) is 8.84. The summed E-state index contributed by atoms with van der Waals surface area (Å²) in [6.07, 6.45) is 4.88. The first kappa shape index (κ1) is 16.3. The van der Waals surface area contributed by atoms with Gasteiger partial charge in [0.25, 0.3) is 0 Å². The van der Waals surface area contributed by atoms with Crippen molar-refractivity contribution in [3.63, 3.8) is 0 Å². The van der Waals surface area contributed by atoms with Crippen molar-refractivity contribution in [3.05, 3.63) is 30.3 Å². The molecule has 0 saturated carbocycles. The monoisotopic (exact) mass is 290 g/mol. The molecule has 1 saturated heterocycles. The van der Waals surface area contributed by atoms with Crippen LogP contribution >= 0.6 is 0 Å². The van der Waals surface area contributed by atoms with Crippen molar-refractivity contribution >= 4 is 0 Å². The third-order valence-corrected chi connectivity index (χ3v) is 4.33. The maximum Gasteiger partial charge on any atom is 0.119 e. The molecule has 3 heteroatoms. The lowest BCUT2D eigenvalue weighted by atomic mass is 10.0. The zero-order chi connectivity index (χ0) is 14.9. The highest BCUT2D eigenvalue weighted by atomic mass is 16.5. The minimum Gasteiger partial charge on any atom is -0.494 e. The summed E-state index contributed by atoms with van der Waals surface area (Å²) in [6, 6.07) is 11.5. The second-order valence-corrected chi connectivity index (χ2v) is 5.97. The third kappa shape index (κ3) is 5.33. The van der Waals surface area contributed by atoms with Gasteiger partial charge in [0.15, 0.2) is 0 Å². The maximum absolute atomic E-state index is 5.80. The van der Waals surface area contributed by atoms with Crippen LogP contribution in [0.4, 0.5) is 0 Å². The number of ether oxygens (including phenoxy) is 1. The molecule has 1 aliphatic heterocycles. The summed E-state index contributed by atoms with van der Waals surface area (Å²) in [4.78, 5) is 2.67. The molecular formula is C18H30N2O. The van der Waals surface area contributed by atoms with E-state index in [0.717, 1.165) is 31.9 Å². The van der Waals surface area contributed by atoms with Crippen LogP contribution in [0.15, 0.2) is 30.3 Å². The topological polar surface area (TPSA) is 24.5 Å². The van der Waals surface area contributed by atoms with Crippen LogP contribution in [-0.4, -0.2) is 43.2 Å². The maximum atomic E-state index is 5.80. The molecule has 21 heavy (non-hydrogen) atoms. The Morgan fingerprint density at radius 3 is 2.76 bits per heavy atom. The zero-order valence-corrected chi connectivity index (χ0v) is 13.6. The predicted molar refractivity (Wildman–Crippen MR) is 88.9 cm³/mol. The van der Waals surface area contributed by atoms with Crippen LogP contribution in [-0.2, 0) is 0 Å². The van der Waals surface area contributed by atoms with E-state index in [1.807, 2.05) is 30.3 Å². The van der Waals surface area contributed by atoms with Gasteiger partial charge in [0.05, 0.1) is 6.61 Å². The van der Waals surface area contributed by atoms with E-state index in [2.05, 4.69) is 24.1 Å². The van der Waals surface area contributed by atoms with Gasteiger partial charge in [-0.15, -0.1) is 0 Å². The van der Waals surface area contributed by atoms with Crippen LogP contribution in [0.3, 0.4) is 0 Å². The summed E-state index contributed by atoms with van der Waals surface area (Å²) in [5.74, 6) is 0.981. The Kier molecular flexibility index (Phi) is 7.04. The number of nitrogens with one attached hydrogen (secondary N) is 1. The van der Waals surface area contributed by atoms with E-state index in [1.54, 1.807) is 0 Å². The highest BCUT2D eigenvalue weighted by molar-refractivity contribution is 5.20. The average molecular weight is 290 g/mol. The summed E-state index contributed by atoms with van der Waals surface area (Å²) in [5.41, 5.74) is 0. The van der Waals surface area contributed by atoms with Crippen molar-refractivity contribution in [1.29, 1.82) is 0 Å². The highest BCUT2D eigenvalue weighted by Gasteiger charge is 2.25. The predicted octanol–water partition coefficient (Wildman–Crippen LogP) is 3.31. The van der Waals surface area contributed by atoms with Crippen molar-refractivity contribution in [3.8, 4) is 5.75 Å². The first-order chi connectivity index (χ1) is 10.3. The molecule has 0 spiro atoms. The van der Waals surface area contributed by atoms with Crippen molar-refractivity contribution < 1.29 is 4.74 Å². The minimum atomic E-state index is 0.660. The Morgan fingerprint density at radius 1 is 1.24 bits per heavy atom. The number of hydrogen-bond acceptors (Lipinski definition) is 3. The first-order valence-electron chi connectivity index (χ1n) is 8.48. The Bertz CT molecular complexity index is 382. The number of nitrogens with zero attached hydrogens (tertiary/aromatic N) is 1. The number of piperazine rings is 1. The molecule has 2 unspecified atom stereocenters. The molecule has 1 aromatic carbocycles. The van der Waals surface area contributed by atoms with E-state index in [9.17, 15) is 0 Å². The average Bonchev–Trinajstić information content (AvgIpc) is 2.54. The van der Waals surface area contributed by atoms with Gasteiger partial charge in [-0.3, -0.25) is 4.90 Å². The molecule has 2 atom stereocenters. The van der Waals surface area contributed by atoms with Crippen molar-refractivity contribution in [2.24, 2.45) is 0 Å². The molecule has 1 N–H and O–H groups in total. The van der Waals surface area contributed by atoms with Crippen LogP contribution in [0.25, 0.3) is 0 Å². The second-order valence-electron chi connectivity index (χ2n) is 5.97. The lowest BCUT2D eigenvalue weighted by molar-refractivity contribution is 0.113. The SMILES string of the molecule is CCCC1CNC(CC)CN1CCCOc1ccccc1. The largest absolute Gasteiger partial charge is 0.494 e. The molecular weight excluding hydrogens is 260 g/mol. The van der Waals surface area contributed by atoms with Crippen LogP contribution < -0.4 is 10.1 Å². The smallest absolute Gasteiger partial charge is 0.119 e. The highest BCUT2D eigenvalue weighted by Crippen LogP contribution is 2.15. The molecule has 0 radical (unpaired) electrons. The molecule has 118 valence electrons.